The fraction of sp³-hybridized carbons (Fsp3) is 0.550. The van der Waals surface area contributed by atoms with Gasteiger partial charge in [-0.2, -0.15) is 0 Å². The Labute approximate surface area is 157 Å². The van der Waals surface area contributed by atoms with E-state index in [0.717, 1.165) is 4.90 Å². The number of alkyl halides is 1. The van der Waals surface area contributed by atoms with Crippen LogP contribution < -0.4 is 0 Å². The fourth-order valence-corrected chi connectivity index (χ4v) is 4.46. The highest BCUT2D eigenvalue weighted by Crippen LogP contribution is 2.44. The molecule has 0 N–H and O–H groups in total. The standard InChI is InChI=1S/C20H23FN2O4/c1-20(2,3)27-19(26)22-9-11-8-15(16(21)14(11)10-22)23-17(24)12-6-4-5-7-13(12)18(23)25/h4-7,11,14-16H,8-10H2,1-3H3/t11-,14+,15+,16-/m0/s1. The Bertz CT molecular complexity index is 783. The third-order valence-electron chi connectivity index (χ3n) is 5.62. The van der Waals surface area contributed by atoms with Crippen LogP contribution in [-0.4, -0.2) is 58.6 Å². The van der Waals surface area contributed by atoms with Crippen molar-refractivity contribution in [2.45, 2.75) is 45.0 Å². The number of carbonyl (C=O) groups is 3. The van der Waals surface area contributed by atoms with Crippen LogP contribution in [-0.2, 0) is 4.74 Å². The average molecular weight is 374 g/mol. The Morgan fingerprint density at radius 3 is 2.22 bits per heavy atom. The van der Waals surface area contributed by atoms with Crippen molar-refractivity contribution in [1.29, 1.82) is 0 Å². The maximum absolute atomic E-state index is 15.2. The van der Waals surface area contributed by atoms with Gasteiger partial charge in [0.15, 0.2) is 0 Å². The molecule has 0 spiro atoms. The molecule has 1 saturated carbocycles. The van der Waals surface area contributed by atoms with Gasteiger partial charge in [0.1, 0.15) is 11.8 Å². The summed E-state index contributed by atoms with van der Waals surface area (Å²) in [6.45, 7) is 6.01. The molecular formula is C20H23FN2O4. The molecule has 1 aromatic carbocycles. The molecule has 2 heterocycles. The minimum absolute atomic E-state index is 0.0816. The van der Waals surface area contributed by atoms with Gasteiger partial charge >= 0.3 is 6.09 Å². The Hall–Kier alpha value is -2.44. The van der Waals surface area contributed by atoms with E-state index in [-0.39, 0.29) is 18.4 Å². The highest BCUT2D eigenvalue weighted by atomic mass is 19.1. The van der Waals surface area contributed by atoms with Gasteiger partial charge in [-0.1, -0.05) is 12.1 Å². The maximum Gasteiger partial charge on any atom is 0.410 e. The van der Waals surface area contributed by atoms with Crippen molar-refractivity contribution < 1.29 is 23.5 Å². The third kappa shape index (κ3) is 2.89. The van der Waals surface area contributed by atoms with Crippen LogP contribution in [0.25, 0.3) is 0 Å². The molecule has 0 aromatic heterocycles. The lowest BCUT2D eigenvalue weighted by Crippen LogP contribution is -2.45. The van der Waals surface area contributed by atoms with Gasteiger partial charge in [-0.15, -0.1) is 0 Å². The molecule has 3 amide bonds. The van der Waals surface area contributed by atoms with Crippen LogP contribution in [0.1, 0.15) is 47.9 Å². The Balaban J connectivity index is 1.48. The van der Waals surface area contributed by atoms with Crippen LogP contribution >= 0.6 is 0 Å². The molecule has 0 radical (unpaired) electrons. The van der Waals surface area contributed by atoms with Gasteiger partial charge in [-0.05, 0) is 45.2 Å². The predicted octanol–water partition coefficient (Wildman–Crippen LogP) is 2.88. The summed E-state index contributed by atoms with van der Waals surface area (Å²) in [6.07, 6.45) is -1.41. The van der Waals surface area contributed by atoms with Gasteiger partial charge in [0.05, 0.1) is 17.2 Å². The van der Waals surface area contributed by atoms with Crippen molar-refractivity contribution in [1.82, 2.24) is 9.80 Å². The summed E-state index contributed by atoms with van der Waals surface area (Å²) in [5, 5.41) is 0. The number of ether oxygens (including phenoxy) is 1. The molecule has 4 atom stereocenters. The molecule has 0 unspecified atom stereocenters. The van der Waals surface area contributed by atoms with Gasteiger partial charge in [0.2, 0.25) is 0 Å². The lowest BCUT2D eigenvalue weighted by molar-refractivity contribution is 0.0248. The van der Waals surface area contributed by atoms with Crippen molar-refractivity contribution >= 4 is 17.9 Å². The Morgan fingerprint density at radius 2 is 1.70 bits per heavy atom. The van der Waals surface area contributed by atoms with Crippen LogP contribution in [0.2, 0.25) is 0 Å². The van der Waals surface area contributed by atoms with Crippen LogP contribution in [0.3, 0.4) is 0 Å². The molecule has 2 fully saturated rings. The highest BCUT2D eigenvalue weighted by Gasteiger charge is 2.55. The lowest BCUT2D eigenvalue weighted by Gasteiger charge is -2.28. The van der Waals surface area contributed by atoms with E-state index in [4.69, 9.17) is 4.74 Å². The number of amides is 3. The molecule has 144 valence electrons. The largest absolute Gasteiger partial charge is 0.444 e. The molecule has 1 aromatic rings. The van der Waals surface area contributed by atoms with Crippen molar-refractivity contribution in [3.05, 3.63) is 35.4 Å². The minimum Gasteiger partial charge on any atom is -0.444 e. The van der Waals surface area contributed by atoms with Crippen molar-refractivity contribution in [3.8, 4) is 0 Å². The van der Waals surface area contributed by atoms with Gasteiger partial charge in [-0.3, -0.25) is 14.5 Å². The van der Waals surface area contributed by atoms with Gasteiger partial charge in [0.25, 0.3) is 11.8 Å². The zero-order valence-electron chi connectivity index (χ0n) is 15.6. The van der Waals surface area contributed by atoms with E-state index in [9.17, 15) is 14.4 Å². The van der Waals surface area contributed by atoms with E-state index in [1.54, 1.807) is 45.0 Å². The summed E-state index contributed by atoms with van der Waals surface area (Å²) in [7, 11) is 0. The number of halogens is 1. The van der Waals surface area contributed by atoms with Crippen LogP contribution in [0.15, 0.2) is 24.3 Å². The summed E-state index contributed by atoms with van der Waals surface area (Å²) >= 11 is 0. The highest BCUT2D eigenvalue weighted by molar-refractivity contribution is 6.21. The molecule has 7 heteroatoms. The second-order valence-electron chi connectivity index (χ2n) is 8.58. The third-order valence-corrected chi connectivity index (χ3v) is 5.62. The first kappa shape index (κ1) is 17.9. The fourth-order valence-electron chi connectivity index (χ4n) is 4.46. The Kier molecular flexibility index (Phi) is 4.01. The summed E-state index contributed by atoms with van der Waals surface area (Å²) in [5.74, 6) is -1.31. The summed E-state index contributed by atoms with van der Waals surface area (Å²) in [5.41, 5.74) is 0.0661. The monoisotopic (exact) mass is 374 g/mol. The van der Waals surface area contributed by atoms with E-state index >= 15 is 4.39 Å². The number of hydrogen-bond donors (Lipinski definition) is 0. The van der Waals surface area contributed by atoms with E-state index < -0.39 is 35.7 Å². The predicted molar refractivity (Wildman–Crippen MR) is 95.0 cm³/mol. The molecule has 1 saturated heterocycles. The molecule has 2 aliphatic heterocycles. The molecular weight excluding hydrogens is 351 g/mol. The van der Waals surface area contributed by atoms with Crippen molar-refractivity contribution in [2.75, 3.05) is 13.1 Å². The van der Waals surface area contributed by atoms with Crippen molar-refractivity contribution in [2.24, 2.45) is 11.8 Å². The van der Waals surface area contributed by atoms with Gasteiger partial charge in [-0.25, -0.2) is 9.18 Å². The molecule has 0 bridgehead atoms. The zero-order valence-corrected chi connectivity index (χ0v) is 15.6. The molecule has 4 rings (SSSR count). The number of imide groups is 1. The van der Waals surface area contributed by atoms with Crippen LogP contribution in [0, 0.1) is 11.8 Å². The molecule has 6 nitrogen and oxygen atoms in total. The second-order valence-corrected chi connectivity index (χ2v) is 8.58. The first-order valence-electron chi connectivity index (χ1n) is 9.26. The summed E-state index contributed by atoms with van der Waals surface area (Å²) in [4.78, 5) is 40.2. The van der Waals surface area contributed by atoms with E-state index in [2.05, 4.69) is 0 Å². The second kappa shape index (κ2) is 6.04. The molecule has 3 aliphatic rings. The van der Waals surface area contributed by atoms with Gasteiger partial charge in [0, 0.05) is 19.0 Å². The first-order valence-corrected chi connectivity index (χ1v) is 9.26. The number of likely N-dealkylation sites (tertiary alicyclic amines) is 1. The normalized spacial score (nSPS) is 29.9. The topological polar surface area (TPSA) is 66.9 Å². The molecule has 1 aliphatic carbocycles. The Morgan fingerprint density at radius 1 is 1.11 bits per heavy atom. The van der Waals surface area contributed by atoms with Gasteiger partial charge < -0.3 is 9.64 Å². The SMILES string of the molecule is CC(C)(C)OC(=O)N1C[C@@H]2C[C@@H](N3C(=O)c4ccccc4C3=O)[C@@H](F)[C@@H]2C1. The van der Waals surface area contributed by atoms with Crippen LogP contribution in [0.4, 0.5) is 9.18 Å². The average Bonchev–Trinajstić information content (AvgIpc) is 3.20. The maximum atomic E-state index is 15.2. The van der Waals surface area contributed by atoms with Crippen molar-refractivity contribution in [3.63, 3.8) is 0 Å². The number of nitrogens with zero attached hydrogens (tertiary/aromatic N) is 2. The smallest absolute Gasteiger partial charge is 0.410 e. The van der Waals surface area contributed by atoms with E-state index in [1.807, 2.05) is 0 Å². The quantitative estimate of drug-likeness (QED) is 0.709. The first-order chi connectivity index (χ1) is 12.7. The number of benzene rings is 1. The van der Waals surface area contributed by atoms with E-state index in [0.29, 0.717) is 24.1 Å². The van der Waals surface area contributed by atoms with E-state index in [1.165, 1.54) is 4.90 Å². The summed E-state index contributed by atoms with van der Waals surface area (Å²) in [6, 6.07) is 5.82. The van der Waals surface area contributed by atoms with Crippen LogP contribution in [0.5, 0.6) is 0 Å². The zero-order chi connectivity index (χ0) is 19.5. The number of carbonyl (C=O) groups excluding carboxylic acids is 3. The summed E-state index contributed by atoms with van der Waals surface area (Å²) < 4.78 is 20.6. The number of fused-ring (bicyclic) bond motifs is 2. The minimum atomic E-state index is -1.34. The molecule has 27 heavy (non-hydrogen) atoms. The lowest BCUT2D eigenvalue weighted by atomic mass is 10.0. The number of rotatable bonds is 1. The number of hydrogen-bond acceptors (Lipinski definition) is 4.